The van der Waals surface area contributed by atoms with E-state index in [0.717, 1.165) is 19.1 Å². The summed E-state index contributed by atoms with van der Waals surface area (Å²) in [7, 11) is 4.07. The van der Waals surface area contributed by atoms with Crippen molar-refractivity contribution >= 4 is 8.80 Å². The number of methoxy groups -OCH3 is 1. The van der Waals surface area contributed by atoms with Crippen molar-refractivity contribution in [2.24, 2.45) is 5.92 Å². The molecule has 7 heteroatoms. The van der Waals surface area contributed by atoms with E-state index in [4.69, 9.17) is 22.8 Å². The predicted molar refractivity (Wildman–Crippen MR) is 90.0 cm³/mol. The van der Waals surface area contributed by atoms with Crippen LogP contribution in [0, 0.1) is 5.92 Å². The number of aliphatic hydroxyl groups is 1. The van der Waals surface area contributed by atoms with Crippen LogP contribution in [-0.4, -0.2) is 68.3 Å². The number of hydrogen-bond acceptors (Lipinski definition) is 6. The molecular formula is C15H36O6Si. The molecule has 0 heterocycles. The lowest BCUT2D eigenvalue weighted by Crippen LogP contribution is -2.42. The number of ether oxygens (including phenoxy) is 2. The lowest BCUT2D eigenvalue weighted by atomic mass is 10.2. The van der Waals surface area contributed by atoms with Crippen molar-refractivity contribution in [2.75, 3.05) is 48.3 Å². The van der Waals surface area contributed by atoms with Crippen molar-refractivity contribution in [1.82, 2.24) is 0 Å². The third kappa shape index (κ3) is 13.6. The number of hydrogen-bond donors (Lipinski definition) is 1. The zero-order valence-electron chi connectivity index (χ0n) is 15.4. The number of aliphatic hydroxyl groups excluding tert-OH is 1. The fourth-order valence-corrected chi connectivity index (χ4v) is 3.31. The first-order valence-electron chi connectivity index (χ1n) is 7.81. The van der Waals surface area contributed by atoms with E-state index in [9.17, 15) is 5.11 Å². The van der Waals surface area contributed by atoms with Gasteiger partial charge < -0.3 is 27.9 Å². The zero-order valence-corrected chi connectivity index (χ0v) is 16.4. The molecule has 0 aromatic rings. The van der Waals surface area contributed by atoms with E-state index >= 15 is 0 Å². The van der Waals surface area contributed by atoms with Crippen molar-refractivity contribution in [1.29, 1.82) is 0 Å². The van der Waals surface area contributed by atoms with Gasteiger partial charge in [0.1, 0.15) is 0 Å². The summed E-state index contributed by atoms with van der Waals surface area (Å²) >= 11 is 0. The molecule has 0 bridgehead atoms. The quantitative estimate of drug-likeness (QED) is 0.434. The summed E-state index contributed by atoms with van der Waals surface area (Å²) in [6.07, 6.45) is 1.15. The van der Waals surface area contributed by atoms with Gasteiger partial charge in [0.05, 0.1) is 12.7 Å². The van der Waals surface area contributed by atoms with Gasteiger partial charge in [-0.2, -0.15) is 0 Å². The average molecular weight is 341 g/mol. The molecule has 0 fully saturated rings. The van der Waals surface area contributed by atoms with Crippen molar-refractivity contribution in [2.45, 2.75) is 45.8 Å². The lowest BCUT2D eigenvalue weighted by molar-refractivity contribution is 0.0333. The Hall–Kier alpha value is -0.0231. The van der Waals surface area contributed by atoms with E-state index in [1.165, 1.54) is 0 Å². The Bertz CT molecular complexity index is 216. The molecule has 0 radical (unpaired) electrons. The predicted octanol–water partition coefficient (Wildman–Crippen LogP) is 2.33. The third-order valence-corrected chi connectivity index (χ3v) is 5.82. The SMILES string of the molecule is CCC(O)COCCC[Si](OC)(OC)OC.COCC(C)C. The Morgan fingerprint density at radius 3 is 1.82 bits per heavy atom. The van der Waals surface area contributed by atoms with Crippen LogP contribution in [0.5, 0.6) is 0 Å². The number of rotatable bonds is 12. The summed E-state index contributed by atoms with van der Waals surface area (Å²) in [6, 6.07) is 0.721. The monoisotopic (exact) mass is 340 g/mol. The molecule has 0 aromatic heterocycles. The largest absolute Gasteiger partial charge is 0.500 e. The van der Waals surface area contributed by atoms with E-state index in [1.54, 1.807) is 28.4 Å². The molecule has 0 amide bonds. The summed E-state index contributed by atoms with van der Waals surface area (Å²) in [6.45, 7) is 8.03. The Morgan fingerprint density at radius 1 is 0.955 bits per heavy atom. The standard InChI is InChI=1S/C10H24O5Si.C5H12O/c1-5-10(11)9-15-7-6-8-16(12-2,13-3)14-4;1-5(2)4-6-3/h10-11H,5-9H2,1-4H3;5H,4H2,1-3H3. The molecule has 0 aliphatic rings. The first-order valence-corrected chi connectivity index (χ1v) is 9.74. The first-order chi connectivity index (χ1) is 10.4. The van der Waals surface area contributed by atoms with Gasteiger partial charge in [-0.3, -0.25) is 0 Å². The molecule has 0 rings (SSSR count). The van der Waals surface area contributed by atoms with Crippen LogP contribution in [0.15, 0.2) is 0 Å². The highest BCUT2D eigenvalue weighted by Gasteiger charge is 2.36. The summed E-state index contributed by atoms with van der Waals surface area (Å²) in [5.41, 5.74) is 0. The van der Waals surface area contributed by atoms with Gasteiger partial charge >= 0.3 is 8.80 Å². The first kappa shape index (κ1) is 24.2. The minimum absolute atomic E-state index is 0.366. The van der Waals surface area contributed by atoms with Gasteiger partial charge in [0.25, 0.3) is 0 Å². The smallest absolute Gasteiger partial charge is 0.391 e. The Morgan fingerprint density at radius 2 is 1.50 bits per heavy atom. The van der Waals surface area contributed by atoms with Crippen LogP contribution in [-0.2, 0) is 22.8 Å². The normalized spacial score (nSPS) is 13.0. The Kier molecular flexibility index (Phi) is 17.5. The van der Waals surface area contributed by atoms with Crippen LogP contribution >= 0.6 is 0 Å². The molecule has 0 aliphatic carbocycles. The molecule has 6 nitrogen and oxygen atoms in total. The van der Waals surface area contributed by atoms with Gasteiger partial charge in [0.2, 0.25) is 0 Å². The molecule has 136 valence electrons. The van der Waals surface area contributed by atoms with Crippen molar-refractivity contribution in [3.05, 3.63) is 0 Å². The lowest BCUT2D eigenvalue weighted by Gasteiger charge is -2.24. The molecule has 0 saturated heterocycles. The van der Waals surface area contributed by atoms with E-state index in [-0.39, 0.29) is 6.10 Å². The summed E-state index contributed by atoms with van der Waals surface area (Å²) in [4.78, 5) is 0. The molecule has 0 spiro atoms. The van der Waals surface area contributed by atoms with Gasteiger partial charge in [-0.1, -0.05) is 20.8 Å². The van der Waals surface area contributed by atoms with Crippen molar-refractivity contribution in [3.8, 4) is 0 Å². The van der Waals surface area contributed by atoms with Crippen LogP contribution in [0.4, 0.5) is 0 Å². The maximum atomic E-state index is 9.27. The average Bonchev–Trinajstić information content (AvgIpc) is 2.51. The topological polar surface area (TPSA) is 66.4 Å². The van der Waals surface area contributed by atoms with E-state index in [0.29, 0.717) is 25.6 Å². The highest BCUT2D eigenvalue weighted by Crippen LogP contribution is 2.14. The van der Waals surface area contributed by atoms with Crippen LogP contribution in [0.3, 0.4) is 0 Å². The molecule has 1 atom stereocenters. The molecule has 1 N–H and O–H groups in total. The maximum absolute atomic E-state index is 9.27. The summed E-state index contributed by atoms with van der Waals surface area (Å²) in [5.74, 6) is 0.676. The van der Waals surface area contributed by atoms with Gasteiger partial charge in [-0.25, -0.2) is 0 Å². The van der Waals surface area contributed by atoms with E-state index in [2.05, 4.69) is 13.8 Å². The third-order valence-electron chi connectivity index (χ3n) is 2.99. The fraction of sp³-hybridized carbons (Fsp3) is 1.00. The molecule has 1 unspecified atom stereocenters. The Balaban J connectivity index is 0. The van der Waals surface area contributed by atoms with Crippen LogP contribution < -0.4 is 0 Å². The minimum atomic E-state index is -2.45. The molecule has 0 saturated carbocycles. The Labute approximate surface area is 137 Å². The van der Waals surface area contributed by atoms with Gasteiger partial charge in [0, 0.05) is 47.7 Å². The second kappa shape index (κ2) is 15.9. The zero-order chi connectivity index (χ0) is 17.4. The highest BCUT2D eigenvalue weighted by molar-refractivity contribution is 6.60. The highest BCUT2D eigenvalue weighted by atomic mass is 28.4. The van der Waals surface area contributed by atoms with Crippen molar-refractivity contribution < 1.29 is 27.9 Å². The summed E-state index contributed by atoms with van der Waals surface area (Å²) in [5, 5.41) is 9.27. The maximum Gasteiger partial charge on any atom is 0.500 e. The van der Waals surface area contributed by atoms with E-state index in [1.807, 2.05) is 6.92 Å². The van der Waals surface area contributed by atoms with Crippen LogP contribution in [0.1, 0.15) is 33.6 Å². The van der Waals surface area contributed by atoms with E-state index < -0.39 is 8.80 Å². The van der Waals surface area contributed by atoms with Gasteiger partial charge in [0.15, 0.2) is 0 Å². The second-order valence-corrected chi connectivity index (χ2v) is 8.48. The molecule has 0 aliphatic heterocycles. The molecular weight excluding hydrogens is 304 g/mol. The van der Waals surface area contributed by atoms with Crippen LogP contribution in [0.25, 0.3) is 0 Å². The fourth-order valence-electron chi connectivity index (χ4n) is 1.62. The molecule has 0 aromatic carbocycles. The molecule has 22 heavy (non-hydrogen) atoms. The van der Waals surface area contributed by atoms with Gasteiger partial charge in [-0.15, -0.1) is 0 Å². The minimum Gasteiger partial charge on any atom is -0.391 e. The van der Waals surface area contributed by atoms with Crippen LogP contribution in [0.2, 0.25) is 6.04 Å². The van der Waals surface area contributed by atoms with Gasteiger partial charge in [-0.05, 0) is 18.8 Å². The van der Waals surface area contributed by atoms with Crippen molar-refractivity contribution in [3.63, 3.8) is 0 Å². The summed E-state index contributed by atoms with van der Waals surface area (Å²) < 4.78 is 25.9. The second-order valence-electron chi connectivity index (χ2n) is 5.39.